The van der Waals surface area contributed by atoms with Gasteiger partial charge in [0, 0.05) is 18.8 Å². The lowest BCUT2D eigenvalue weighted by atomic mass is 10.3. The first kappa shape index (κ1) is 12.2. The van der Waals surface area contributed by atoms with Crippen LogP contribution in [0.4, 0.5) is 5.82 Å². The smallest absolute Gasteiger partial charge is 0.360 e. The topological polar surface area (TPSA) is 88.0 Å². The number of carbonyl (C=O) groups is 1. The van der Waals surface area contributed by atoms with Crippen molar-refractivity contribution in [2.75, 3.05) is 12.3 Å². The van der Waals surface area contributed by atoms with E-state index < -0.39 is 5.97 Å². The van der Waals surface area contributed by atoms with Gasteiger partial charge in [-0.1, -0.05) is 0 Å². The molecule has 2 rings (SSSR count). The molecule has 7 heteroatoms. The number of hydrogen-bond donors (Lipinski definition) is 1. The number of carbonyl (C=O) groups excluding carboxylic acids is 1. The number of hydrogen-bond acceptors (Lipinski definition) is 5. The average Bonchev–Trinajstić information content (AvgIpc) is 2.88. The number of rotatable bonds is 4. The molecule has 7 nitrogen and oxygen atoms in total. The fraction of sp³-hybridized carbons (Fsp3) is 0.364. The Kier molecular flexibility index (Phi) is 3.31. The zero-order chi connectivity index (χ0) is 13.1. The van der Waals surface area contributed by atoms with Gasteiger partial charge < -0.3 is 15.0 Å². The normalized spacial score (nSPS) is 10.6. The first-order valence-corrected chi connectivity index (χ1v) is 5.57. The number of esters is 1. The van der Waals surface area contributed by atoms with Crippen LogP contribution in [0.3, 0.4) is 0 Å². The number of aryl methyl sites for hydroxylation is 1. The zero-order valence-corrected chi connectivity index (χ0v) is 10.3. The molecule has 2 N–H and O–H groups in total. The van der Waals surface area contributed by atoms with Crippen LogP contribution in [-0.4, -0.2) is 31.9 Å². The van der Waals surface area contributed by atoms with Crippen LogP contribution in [0.25, 0.3) is 0 Å². The van der Waals surface area contributed by atoms with E-state index in [1.165, 1.54) is 6.33 Å². The molecule has 2 aromatic rings. The van der Waals surface area contributed by atoms with Crippen LogP contribution >= 0.6 is 0 Å². The van der Waals surface area contributed by atoms with Gasteiger partial charge in [0.2, 0.25) is 0 Å². The summed E-state index contributed by atoms with van der Waals surface area (Å²) in [6.45, 7) is 2.56. The van der Waals surface area contributed by atoms with Gasteiger partial charge >= 0.3 is 5.97 Å². The fourth-order valence-corrected chi connectivity index (χ4v) is 1.62. The minimum atomic E-state index is -0.500. The molecule has 2 aromatic heterocycles. The number of nitrogen functional groups attached to an aromatic ring is 1. The third kappa shape index (κ3) is 2.34. The van der Waals surface area contributed by atoms with Crippen molar-refractivity contribution in [1.29, 1.82) is 0 Å². The van der Waals surface area contributed by atoms with Gasteiger partial charge in [0.05, 0.1) is 25.7 Å². The second-order valence-electron chi connectivity index (χ2n) is 3.85. The lowest BCUT2D eigenvalue weighted by Gasteiger charge is -2.03. The van der Waals surface area contributed by atoms with Gasteiger partial charge in [-0.2, -0.15) is 5.10 Å². The summed E-state index contributed by atoms with van der Waals surface area (Å²) >= 11 is 0. The van der Waals surface area contributed by atoms with E-state index in [1.807, 2.05) is 13.2 Å². The molecule has 0 bridgehead atoms. The predicted octanol–water partition coefficient (Wildman–Crippen LogP) is 0.424. The highest BCUT2D eigenvalue weighted by molar-refractivity contribution is 5.92. The van der Waals surface area contributed by atoms with E-state index >= 15 is 0 Å². The molecule has 0 fully saturated rings. The number of imidazole rings is 1. The minimum absolute atomic E-state index is 0.153. The van der Waals surface area contributed by atoms with Gasteiger partial charge in [-0.3, -0.25) is 4.68 Å². The molecule has 0 radical (unpaired) electrons. The minimum Gasteiger partial charge on any atom is -0.461 e. The number of nitrogens with zero attached hydrogens (tertiary/aromatic N) is 4. The average molecular weight is 249 g/mol. The van der Waals surface area contributed by atoms with Crippen LogP contribution in [0.1, 0.15) is 23.0 Å². The van der Waals surface area contributed by atoms with Crippen LogP contribution in [0, 0.1) is 0 Å². The maximum absolute atomic E-state index is 11.5. The molecule has 0 aliphatic heterocycles. The Morgan fingerprint density at radius 3 is 2.94 bits per heavy atom. The summed E-state index contributed by atoms with van der Waals surface area (Å²) in [5.74, 6) is -0.197. The monoisotopic (exact) mass is 249 g/mol. The molecular formula is C11H15N5O2. The highest BCUT2D eigenvalue weighted by Crippen LogP contribution is 2.13. The number of nitrogens with two attached hydrogens (primary N) is 1. The molecule has 0 aliphatic carbocycles. The fourth-order valence-electron chi connectivity index (χ4n) is 1.62. The summed E-state index contributed by atoms with van der Waals surface area (Å²) in [6.07, 6.45) is 5.14. The first-order chi connectivity index (χ1) is 8.61. The Bertz CT molecular complexity index is 558. The van der Waals surface area contributed by atoms with Crippen molar-refractivity contribution in [3.05, 3.63) is 30.0 Å². The zero-order valence-electron chi connectivity index (χ0n) is 10.3. The van der Waals surface area contributed by atoms with Crippen molar-refractivity contribution >= 4 is 11.8 Å². The molecule has 0 unspecified atom stereocenters. The predicted molar refractivity (Wildman–Crippen MR) is 64.9 cm³/mol. The Hall–Kier alpha value is -2.31. The van der Waals surface area contributed by atoms with Crippen LogP contribution < -0.4 is 5.73 Å². The quantitative estimate of drug-likeness (QED) is 0.793. The van der Waals surface area contributed by atoms with Gasteiger partial charge in [0.25, 0.3) is 0 Å². The van der Waals surface area contributed by atoms with Gasteiger partial charge in [-0.25, -0.2) is 9.78 Å². The van der Waals surface area contributed by atoms with E-state index in [9.17, 15) is 4.79 Å². The Morgan fingerprint density at radius 1 is 1.56 bits per heavy atom. The van der Waals surface area contributed by atoms with Crippen molar-refractivity contribution in [2.24, 2.45) is 7.05 Å². The third-order valence-corrected chi connectivity index (χ3v) is 2.46. The summed E-state index contributed by atoms with van der Waals surface area (Å²) in [7, 11) is 1.84. The number of anilines is 1. The molecule has 0 amide bonds. The van der Waals surface area contributed by atoms with Crippen molar-refractivity contribution in [3.63, 3.8) is 0 Å². The summed E-state index contributed by atoms with van der Waals surface area (Å²) in [5, 5.41) is 4.06. The summed E-state index contributed by atoms with van der Waals surface area (Å²) in [5.41, 5.74) is 7.00. The van der Waals surface area contributed by atoms with Gasteiger partial charge in [-0.15, -0.1) is 0 Å². The molecule has 18 heavy (non-hydrogen) atoms. The van der Waals surface area contributed by atoms with E-state index in [4.69, 9.17) is 10.5 Å². The standard InChI is InChI=1S/C11H15N5O2/c1-3-18-11(17)9-10(12)16(7-13-9)6-8-4-14-15(2)5-8/h4-5,7H,3,6,12H2,1-2H3. The lowest BCUT2D eigenvalue weighted by molar-refractivity contribution is 0.0521. The number of ether oxygens (including phenoxy) is 1. The van der Waals surface area contributed by atoms with Crippen LogP contribution in [0.15, 0.2) is 18.7 Å². The van der Waals surface area contributed by atoms with E-state index in [1.54, 1.807) is 22.4 Å². The highest BCUT2D eigenvalue weighted by Gasteiger charge is 2.16. The van der Waals surface area contributed by atoms with E-state index in [0.717, 1.165) is 5.56 Å². The molecule has 2 heterocycles. The Balaban J connectivity index is 2.18. The van der Waals surface area contributed by atoms with Gasteiger partial charge in [0.15, 0.2) is 5.69 Å². The van der Waals surface area contributed by atoms with E-state index in [0.29, 0.717) is 19.0 Å². The van der Waals surface area contributed by atoms with Crippen molar-refractivity contribution in [1.82, 2.24) is 19.3 Å². The van der Waals surface area contributed by atoms with Crippen molar-refractivity contribution < 1.29 is 9.53 Å². The third-order valence-electron chi connectivity index (χ3n) is 2.46. The van der Waals surface area contributed by atoms with Gasteiger partial charge in [0.1, 0.15) is 5.82 Å². The van der Waals surface area contributed by atoms with Crippen molar-refractivity contribution in [3.8, 4) is 0 Å². The Morgan fingerprint density at radius 2 is 2.33 bits per heavy atom. The van der Waals surface area contributed by atoms with Crippen molar-refractivity contribution in [2.45, 2.75) is 13.5 Å². The molecule has 0 atom stereocenters. The molecule has 0 aliphatic rings. The molecule has 0 saturated carbocycles. The first-order valence-electron chi connectivity index (χ1n) is 5.57. The van der Waals surface area contributed by atoms with Crippen LogP contribution in [0.5, 0.6) is 0 Å². The highest BCUT2D eigenvalue weighted by atomic mass is 16.5. The SMILES string of the molecule is CCOC(=O)c1ncn(Cc2cnn(C)c2)c1N. The van der Waals surface area contributed by atoms with E-state index in [2.05, 4.69) is 10.1 Å². The Labute approximate surface area is 104 Å². The maximum Gasteiger partial charge on any atom is 0.360 e. The molecule has 0 aromatic carbocycles. The molecule has 96 valence electrons. The lowest BCUT2D eigenvalue weighted by Crippen LogP contribution is -2.10. The summed E-state index contributed by atoms with van der Waals surface area (Å²) < 4.78 is 8.25. The summed E-state index contributed by atoms with van der Waals surface area (Å²) in [6, 6.07) is 0. The summed E-state index contributed by atoms with van der Waals surface area (Å²) in [4.78, 5) is 15.5. The van der Waals surface area contributed by atoms with Gasteiger partial charge in [-0.05, 0) is 6.92 Å². The molecule has 0 saturated heterocycles. The van der Waals surface area contributed by atoms with Crippen LogP contribution in [0.2, 0.25) is 0 Å². The second kappa shape index (κ2) is 4.91. The largest absolute Gasteiger partial charge is 0.461 e. The number of aromatic nitrogens is 4. The molecular weight excluding hydrogens is 234 g/mol. The molecule has 0 spiro atoms. The van der Waals surface area contributed by atoms with E-state index in [-0.39, 0.29) is 5.69 Å². The maximum atomic E-state index is 11.5. The van der Waals surface area contributed by atoms with Crippen LogP contribution in [-0.2, 0) is 18.3 Å². The second-order valence-corrected chi connectivity index (χ2v) is 3.85.